The molecule has 0 nitrogen and oxygen atoms in total. The van der Waals surface area contributed by atoms with Crippen LogP contribution in [0.25, 0.3) is 0 Å². The highest BCUT2D eigenvalue weighted by atomic mass is 13.9. The first-order valence-corrected chi connectivity index (χ1v) is 9.90. The summed E-state index contributed by atoms with van der Waals surface area (Å²) in [6.07, 6.45) is 42.0. The molecule has 0 bridgehead atoms. The summed E-state index contributed by atoms with van der Waals surface area (Å²) >= 11 is 0. The van der Waals surface area contributed by atoms with Crippen LogP contribution in [0.15, 0.2) is 72.9 Å². The number of hydrogen-bond acceptors (Lipinski definition) is 0. The molecule has 0 aromatic heterocycles. The van der Waals surface area contributed by atoms with E-state index >= 15 is 0 Å². The van der Waals surface area contributed by atoms with Gasteiger partial charge in [-0.15, -0.1) is 0 Å². The maximum absolute atomic E-state index is 2.33. The first-order chi connectivity index (χ1) is 12.0. The smallest absolute Gasteiger partial charge is 0.0316 e. The van der Waals surface area contributed by atoms with Gasteiger partial charge in [-0.3, -0.25) is 0 Å². The molecule has 0 amide bonds. The molecule has 0 saturated heterocycles. The fourth-order valence-electron chi connectivity index (χ4n) is 2.57. The minimum absolute atomic E-state index is 1.17. The van der Waals surface area contributed by atoms with E-state index in [1.807, 2.05) is 0 Å². The molecule has 132 valence electrons. The summed E-state index contributed by atoms with van der Waals surface area (Å²) in [7, 11) is 0. The van der Waals surface area contributed by atoms with Crippen LogP contribution in [0.3, 0.4) is 0 Å². The molecule has 1 rings (SSSR count). The lowest BCUT2D eigenvalue weighted by molar-refractivity contribution is 0.962. The van der Waals surface area contributed by atoms with E-state index < -0.39 is 0 Å². The van der Waals surface area contributed by atoms with E-state index in [2.05, 4.69) is 72.9 Å². The first-order valence-electron chi connectivity index (χ1n) is 9.90. The highest BCUT2D eigenvalue weighted by molar-refractivity contribution is 4.94. The van der Waals surface area contributed by atoms with Crippen LogP contribution in [-0.4, -0.2) is 0 Å². The van der Waals surface area contributed by atoms with Crippen LogP contribution in [0.2, 0.25) is 0 Å². The second-order valence-electron chi connectivity index (χ2n) is 6.29. The molecule has 1 aliphatic rings. The monoisotopic (exact) mass is 324 g/mol. The van der Waals surface area contributed by atoms with Crippen molar-refractivity contribution in [2.75, 3.05) is 0 Å². The van der Waals surface area contributed by atoms with E-state index in [9.17, 15) is 0 Å². The zero-order chi connectivity index (χ0) is 17.0. The molecular formula is C24H36. The maximum Gasteiger partial charge on any atom is -0.0316 e. The summed E-state index contributed by atoms with van der Waals surface area (Å²) in [5.41, 5.74) is 0. The van der Waals surface area contributed by atoms with Gasteiger partial charge in [0.1, 0.15) is 0 Å². The molecule has 0 unspecified atom stereocenters. The van der Waals surface area contributed by atoms with Gasteiger partial charge < -0.3 is 0 Å². The van der Waals surface area contributed by atoms with Gasteiger partial charge in [0.15, 0.2) is 0 Å². The second kappa shape index (κ2) is 17.8. The fourth-order valence-corrected chi connectivity index (χ4v) is 2.57. The van der Waals surface area contributed by atoms with Gasteiger partial charge in [0, 0.05) is 0 Å². The summed E-state index contributed by atoms with van der Waals surface area (Å²) in [6.45, 7) is 0. The van der Waals surface area contributed by atoms with Gasteiger partial charge in [-0.05, 0) is 77.0 Å². The summed E-state index contributed by atoms with van der Waals surface area (Å²) in [5, 5.41) is 0. The molecular weight excluding hydrogens is 288 g/mol. The van der Waals surface area contributed by atoms with E-state index in [1.54, 1.807) is 0 Å². The SMILES string of the molecule is C1=C\CC/C=C/CC/C=C/CC/C=C/CC/C=C/CC/C=C\CC/1. The third kappa shape index (κ3) is 15.3. The van der Waals surface area contributed by atoms with Crippen LogP contribution >= 0.6 is 0 Å². The van der Waals surface area contributed by atoms with Crippen molar-refractivity contribution in [3.8, 4) is 0 Å². The van der Waals surface area contributed by atoms with Gasteiger partial charge in [0.05, 0.1) is 0 Å². The van der Waals surface area contributed by atoms with Crippen molar-refractivity contribution < 1.29 is 0 Å². The number of allylic oxidation sites excluding steroid dienone is 12. The minimum Gasteiger partial charge on any atom is -0.0882 e. The molecule has 0 radical (unpaired) electrons. The Bertz CT molecular complexity index is 284. The van der Waals surface area contributed by atoms with Crippen molar-refractivity contribution in [1.29, 1.82) is 0 Å². The Morgan fingerprint density at radius 2 is 0.250 bits per heavy atom. The Balaban J connectivity index is 2.29. The van der Waals surface area contributed by atoms with Crippen LogP contribution in [-0.2, 0) is 0 Å². The van der Waals surface area contributed by atoms with E-state index in [0.717, 1.165) is 0 Å². The molecule has 0 spiro atoms. The first kappa shape index (κ1) is 20.5. The van der Waals surface area contributed by atoms with Crippen LogP contribution in [0.5, 0.6) is 0 Å². The zero-order valence-electron chi connectivity index (χ0n) is 15.4. The van der Waals surface area contributed by atoms with Gasteiger partial charge in [0.25, 0.3) is 0 Å². The van der Waals surface area contributed by atoms with Crippen molar-refractivity contribution in [2.45, 2.75) is 77.0 Å². The van der Waals surface area contributed by atoms with Gasteiger partial charge in [-0.2, -0.15) is 0 Å². The van der Waals surface area contributed by atoms with Crippen molar-refractivity contribution in [1.82, 2.24) is 0 Å². The van der Waals surface area contributed by atoms with Gasteiger partial charge >= 0.3 is 0 Å². The Morgan fingerprint density at radius 3 is 0.333 bits per heavy atom. The minimum atomic E-state index is 1.17. The van der Waals surface area contributed by atoms with Crippen molar-refractivity contribution in [3.05, 3.63) is 72.9 Å². The van der Waals surface area contributed by atoms with Gasteiger partial charge in [0.2, 0.25) is 0 Å². The average Bonchev–Trinajstić information content (AvgIpc) is 2.59. The molecule has 0 saturated carbocycles. The lowest BCUT2D eigenvalue weighted by atomic mass is 10.1. The standard InChI is InChI=1S/C24H36/c1-2-4-6-8-10-12-14-16-18-20-22-24-23-21-19-17-15-13-11-9-7-5-3-1/h1-2,7-10,15-18,23-24H,3-6,11-14,19-22H2/b2-1-,9-7-,10-8+,17-15+,18-16+,24-23+. The maximum atomic E-state index is 2.33. The molecule has 24 heavy (non-hydrogen) atoms. The molecule has 0 atom stereocenters. The molecule has 0 N–H and O–H groups in total. The second-order valence-corrected chi connectivity index (χ2v) is 6.29. The molecule has 0 heteroatoms. The third-order valence-electron chi connectivity index (χ3n) is 4.00. The van der Waals surface area contributed by atoms with Crippen molar-refractivity contribution in [2.24, 2.45) is 0 Å². The normalized spacial score (nSPS) is 28.0. The third-order valence-corrected chi connectivity index (χ3v) is 4.00. The van der Waals surface area contributed by atoms with E-state index in [0.29, 0.717) is 0 Å². The summed E-state index contributed by atoms with van der Waals surface area (Å²) in [6, 6.07) is 0. The predicted octanol–water partition coefficient (Wildman–Crippen LogP) is 8.02. The van der Waals surface area contributed by atoms with Gasteiger partial charge in [-0.1, -0.05) is 72.9 Å². The Morgan fingerprint density at radius 1 is 0.167 bits per heavy atom. The van der Waals surface area contributed by atoms with Crippen LogP contribution < -0.4 is 0 Å². The summed E-state index contributed by atoms with van der Waals surface area (Å²) in [5.74, 6) is 0. The van der Waals surface area contributed by atoms with Crippen molar-refractivity contribution in [3.63, 3.8) is 0 Å². The zero-order valence-corrected chi connectivity index (χ0v) is 15.4. The fraction of sp³-hybridized carbons (Fsp3) is 0.500. The Hall–Kier alpha value is -1.56. The van der Waals surface area contributed by atoms with Gasteiger partial charge in [-0.25, -0.2) is 0 Å². The molecule has 0 heterocycles. The molecule has 1 aliphatic carbocycles. The highest BCUT2D eigenvalue weighted by Crippen LogP contribution is 2.03. The van der Waals surface area contributed by atoms with E-state index in [1.165, 1.54) is 77.0 Å². The molecule has 0 aromatic carbocycles. The van der Waals surface area contributed by atoms with Crippen LogP contribution in [0.1, 0.15) is 77.0 Å². The number of rotatable bonds is 0. The Labute approximate surface area is 150 Å². The topological polar surface area (TPSA) is 0 Å². The average molecular weight is 325 g/mol. The van der Waals surface area contributed by atoms with E-state index in [4.69, 9.17) is 0 Å². The largest absolute Gasteiger partial charge is 0.0882 e. The van der Waals surface area contributed by atoms with E-state index in [-0.39, 0.29) is 0 Å². The highest BCUT2D eigenvalue weighted by Gasteiger charge is 1.83. The lowest BCUT2D eigenvalue weighted by Crippen LogP contribution is -1.71. The Kier molecular flexibility index (Phi) is 15.2. The van der Waals surface area contributed by atoms with Crippen LogP contribution in [0, 0.1) is 0 Å². The molecule has 0 aliphatic heterocycles. The molecule has 0 fully saturated rings. The lowest BCUT2D eigenvalue weighted by Gasteiger charge is -1.92. The summed E-state index contributed by atoms with van der Waals surface area (Å²) < 4.78 is 0. The number of hydrogen-bond donors (Lipinski definition) is 0. The van der Waals surface area contributed by atoms with Crippen molar-refractivity contribution >= 4 is 0 Å². The summed E-state index contributed by atoms with van der Waals surface area (Å²) in [4.78, 5) is 0. The predicted molar refractivity (Wildman–Crippen MR) is 110 cm³/mol. The quantitative estimate of drug-likeness (QED) is 0.396. The molecule has 0 aromatic rings. The van der Waals surface area contributed by atoms with Crippen LogP contribution in [0.4, 0.5) is 0 Å².